The highest BCUT2D eigenvalue weighted by molar-refractivity contribution is 6.32. The van der Waals surface area contributed by atoms with Gasteiger partial charge >= 0.3 is 12.1 Å². The van der Waals surface area contributed by atoms with Crippen LogP contribution >= 0.6 is 11.6 Å². The van der Waals surface area contributed by atoms with Crippen molar-refractivity contribution in [3.8, 4) is 5.75 Å². The predicted octanol–water partition coefficient (Wildman–Crippen LogP) is 4.06. The van der Waals surface area contributed by atoms with Crippen LogP contribution in [0, 0.1) is 11.8 Å². The van der Waals surface area contributed by atoms with Crippen molar-refractivity contribution in [1.29, 1.82) is 0 Å². The van der Waals surface area contributed by atoms with Crippen molar-refractivity contribution in [2.24, 2.45) is 22.6 Å². The van der Waals surface area contributed by atoms with Gasteiger partial charge < -0.3 is 25.6 Å². The lowest BCUT2D eigenvalue weighted by Crippen LogP contribution is -2.55. The molecule has 1 aliphatic carbocycles. The van der Waals surface area contributed by atoms with Gasteiger partial charge in [-0.1, -0.05) is 23.7 Å². The fourth-order valence-electron chi connectivity index (χ4n) is 5.29. The Morgan fingerprint density at radius 3 is 2.51 bits per heavy atom. The Labute approximate surface area is 241 Å². The van der Waals surface area contributed by atoms with E-state index in [1.807, 2.05) is 39.8 Å². The van der Waals surface area contributed by atoms with Gasteiger partial charge in [0.05, 0.1) is 23.0 Å². The average Bonchev–Trinajstić information content (AvgIpc) is 3.61. The first kappa shape index (κ1) is 32.5. The number of methoxy groups -OCH3 is 1. The summed E-state index contributed by atoms with van der Waals surface area (Å²) in [4.78, 5) is 41.3. The van der Waals surface area contributed by atoms with Crippen molar-refractivity contribution in [3.63, 3.8) is 0 Å². The first-order valence-corrected chi connectivity index (χ1v) is 13.5. The Morgan fingerprint density at radius 1 is 1.32 bits per heavy atom. The van der Waals surface area contributed by atoms with E-state index in [4.69, 9.17) is 36.7 Å². The molecule has 0 saturated heterocycles. The number of carboxylic acid groups (broad SMARTS) is 1. The summed E-state index contributed by atoms with van der Waals surface area (Å²) in [7, 11) is 1.63. The molecule has 3 aliphatic rings. The summed E-state index contributed by atoms with van der Waals surface area (Å²) < 4.78 is 43.1. The molecule has 1 unspecified atom stereocenters. The van der Waals surface area contributed by atoms with Gasteiger partial charge in [0.2, 0.25) is 11.8 Å². The first-order valence-electron chi connectivity index (χ1n) is 13.1. The number of rotatable bonds is 7. The van der Waals surface area contributed by atoms with Crippen LogP contribution < -0.4 is 15.8 Å². The molecule has 10 nitrogen and oxygen atoms in total. The Balaban J connectivity index is 0.000000587. The summed E-state index contributed by atoms with van der Waals surface area (Å²) in [6.07, 6.45) is -2.88. The highest BCUT2D eigenvalue weighted by Gasteiger charge is 2.52. The summed E-state index contributed by atoms with van der Waals surface area (Å²) in [6.45, 7) is 8.24. The third-order valence-corrected chi connectivity index (χ3v) is 7.44. The quantitative estimate of drug-likeness (QED) is 0.426. The van der Waals surface area contributed by atoms with Gasteiger partial charge in [0.25, 0.3) is 0 Å². The molecule has 1 aromatic carbocycles. The molecule has 4 N–H and O–H groups in total. The van der Waals surface area contributed by atoms with E-state index in [9.17, 15) is 22.8 Å². The number of nitrogens with one attached hydrogen (secondary N) is 1. The third-order valence-electron chi connectivity index (χ3n) is 7.14. The number of aliphatic imine (C=N–C) groups is 1. The monoisotopic (exact) mass is 604 g/mol. The van der Waals surface area contributed by atoms with E-state index in [0.717, 1.165) is 5.56 Å². The number of hydrogen-bond donors (Lipinski definition) is 3. The molecular formula is C27H36ClF3N4O6. The number of carboxylic acids is 1. The molecule has 0 bridgehead atoms. The van der Waals surface area contributed by atoms with Crippen molar-refractivity contribution in [2.45, 2.75) is 82.8 Å². The molecule has 0 radical (unpaired) electrons. The maximum atomic E-state index is 13.3. The summed E-state index contributed by atoms with van der Waals surface area (Å²) >= 11 is 6.38. The molecule has 2 aliphatic heterocycles. The van der Waals surface area contributed by atoms with Gasteiger partial charge in [0.15, 0.2) is 5.96 Å². The van der Waals surface area contributed by atoms with E-state index in [1.165, 1.54) is 0 Å². The van der Waals surface area contributed by atoms with Gasteiger partial charge in [-0.15, -0.1) is 0 Å². The lowest BCUT2D eigenvalue weighted by atomic mass is 9.89. The number of nitrogens with two attached hydrogens (primary N) is 1. The first-order chi connectivity index (χ1) is 18.9. The second kappa shape index (κ2) is 12.0. The van der Waals surface area contributed by atoms with Gasteiger partial charge in [-0.2, -0.15) is 13.2 Å². The zero-order valence-electron chi connectivity index (χ0n) is 23.5. The number of carbonyl (C=O) groups is 3. The molecule has 4 rings (SSSR count). The normalized spacial score (nSPS) is 25.0. The highest BCUT2D eigenvalue weighted by Crippen LogP contribution is 2.47. The minimum Gasteiger partial charge on any atom is -0.486 e. The van der Waals surface area contributed by atoms with E-state index >= 15 is 0 Å². The molecule has 1 saturated carbocycles. The van der Waals surface area contributed by atoms with Crippen molar-refractivity contribution in [2.75, 3.05) is 13.7 Å². The maximum Gasteiger partial charge on any atom is 0.490 e. The summed E-state index contributed by atoms with van der Waals surface area (Å²) in [6, 6.07) is 5.18. The zero-order valence-corrected chi connectivity index (χ0v) is 24.3. The number of alkyl halides is 3. The number of amides is 2. The molecule has 4 atom stereocenters. The fourth-order valence-corrected chi connectivity index (χ4v) is 5.51. The van der Waals surface area contributed by atoms with E-state index in [-0.39, 0.29) is 48.1 Å². The number of halogens is 4. The number of aliphatic carboxylic acids is 1. The number of ether oxygens (including phenoxy) is 2. The molecule has 228 valence electrons. The minimum absolute atomic E-state index is 0.000690. The zero-order chi connectivity index (χ0) is 30.9. The topological polar surface area (TPSA) is 144 Å². The standard InChI is InChI=1S/C25H35ClN4O4.C2HF3O2/c1-24(2)13-20(31)30(23(27)29-24)19(9-10-33-5)15-11-16(15)22(32)28-18-12-25(3,4)34-21-14(18)7-6-8-17(21)26;3-2(4,5)1(6)7/h6-8,15-16,18-19H,9-13H2,1-5H3,(H2,27,29)(H,28,32);(H,6,7)/t15-,16-,18?,19+;/m1./s1. The van der Waals surface area contributed by atoms with Crippen LogP contribution in [0.5, 0.6) is 5.75 Å². The number of nitrogens with zero attached hydrogens (tertiary/aromatic N) is 2. The fraction of sp³-hybridized carbons (Fsp3) is 0.630. The smallest absolute Gasteiger partial charge is 0.486 e. The molecule has 0 aromatic heterocycles. The van der Waals surface area contributed by atoms with Crippen LogP contribution in [0.2, 0.25) is 5.02 Å². The molecular weight excluding hydrogens is 569 g/mol. The van der Waals surface area contributed by atoms with Crippen molar-refractivity contribution in [1.82, 2.24) is 10.2 Å². The Bertz CT molecular complexity index is 1210. The molecule has 0 spiro atoms. The number of fused-ring (bicyclic) bond motifs is 1. The Kier molecular flexibility index (Phi) is 9.53. The van der Waals surface area contributed by atoms with Gasteiger partial charge in [-0.05, 0) is 52.5 Å². The molecule has 2 amide bonds. The molecule has 14 heteroatoms. The maximum absolute atomic E-state index is 13.3. The van der Waals surface area contributed by atoms with Crippen LogP contribution in [0.4, 0.5) is 13.2 Å². The molecule has 1 fully saturated rings. The molecule has 1 aromatic rings. The summed E-state index contributed by atoms with van der Waals surface area (Å²) in [5, 5.41) is 10.9. The van der Waals surface area contributed by atoms with Crippen LogP contribution in [0.25, 0.3) is 0 Å². The predicted molar refractivity (Wildman–Crippen MR) is 144 cm³/mol. The summed E-state index contributed by atoms with van der Waals surface area (Å²) in [5.41, 5.74) is 6.15. The number of para-hydroxylation sites is 1. The highest BCUT2D eigenvalue weighted by atomic mass is 35.5. The van der Waals surface area contributed by atoms with Crippen molar-refractivity contribution >= 4 is 35.3 Å². The van der Waals surface area contributed by atoms with Crippen LogP contribution in [0.15, 0.2) is 23.2 Å². The van der Waals surface area contributed by atoms with Gasteiger partial charge in [0, 0.05) is 37.7 Å². The Morgan fingerprint density at radius 2 is 1.95 bits per heavy atom. The lowest BCUT2D eigenvalue weighted by Gasteiger charge is -2.39. The number of carbonyl (C=O) groups excluding carboxylic acids is 2. The minimum atomic E-state index is -5.08. The van der Waals surface area contributed by atoms with Crippen LogP contribution in [-0.4, -0.2) is 70.8 Å². The largest absolute Gasteiger partial charge is 0.490 e. The van der Waals surface area contributed by atoms with E-state index < -0.39 is 23.3 Å². The van der Waals surface area contributed by atoms with Crippen molar-refractivity contribution in [3.05, 3.63) is 28.8 Å². The van der Waals surface area contributed by atoms with Crippen LogP contribution in [-0.2, 0) is 19.1 Å². The van der Waals surface area contributed by atoms with Gasteiger partial charge in [-0.3, -0.25) is 14.5 Å². The third kappa shape index (κ3) is 8.03. The molecule has 2 heterocycles. The van der Waals surface area contributed by atoms with E-state index in [0.29, 0.717) is 36.6 Å². The van der Waals surface area contributed by atoms with Crippen molar-refractivity contribution < 1.29 is 42.1 Å². The SMILES string of the molecule is COCC[C@@H]([C@@H]1C[C@H]1C(=O)NC1CC(C)(C)Oc2c(Cl)cccc21)N1C(=O)CC(C)(C)N=C1N.O=C(O)C(F)(F)F. The number of benzene rings is 1. The van der Waals surface area contributed by atoms with E-state index in [1.54, 1.807) is 18.1 Å². The van der Waals surface area contributed by atoms with Gasteiger partial charge in [0.1, 0.15) is 11.4 Å². The number of hydrogen-bond acceptors (Lipinski definition) is 7. The second-order valence-corrected chi connectivity index (χ2v) is 12.1. The molecule has 41 heavy (non-hydrogen) atoms. The summed E-state index contributed by atoms with van der Waals surface area (Å²) in [5.74, 6) is -2.19. The average molecular weight is 605 g/mol. The lowest BCUT2D eigenvalue weighted by molar-refractivity contribution is -0.192. The van der Waals surface area contributed by atoms with Gasteiger partial charge in [-0.25, -0.2) is 9.79 Å². The number of guanidine groups is 1. The van der Waals surface area contributed by atoms with Crippen LogP contribution in [0.1, 0.15) is 65.0 Å². The van der Waals surface area contributed by atoms with Crippen LogP contribution in [0.3, 0.4) is 0 Å². The second-order valence-electron chi connectivity index (χ2n) is 11.7. The van der Waals surface area contributed by atoms with E-state index in [2.05, 4.69) is 10.3 Å². The Hall–Kier alpha value is -3.06.